The Balaban J connectivity index is 2.18. The van der Waals surface area contributed by atoms with E-state index in [2.05, 4.69) is 10.6 Å². The van der Waals surface area contributed by atoms with Crippen LogP contribution >= 0.6 is 0 Å². The maximum Gasteiger partial charge on any atom is 0.315 e. The predicted octanol–water partition coefficient (Wildman–Crippen LogP) is 1.51. The van der Waals surface area contributed by atoms with Crippen LogP contribution in [-0.4, -0.2) is 30.7 Å². The predicted molar refractivity (Wildman–Crippen MR) is 71.3 cm³/mol. The van der Waals surface area contributed by atoms with Crippen LogP contribution in [0.25, 0.3) is 0 Å². The zero-order valence-electron chi connectivity index (χ0n) is 11.8. The van der Waals surface area contributed by atoms with E-state index in [1.54, 1.807) is 0 Å². The van der Waals surface area contributed by atoms with Crippen LogP contribution in [0.4, 0.5) is 0 Å². The highest BCUT2D eigenvalue weighted by Crippen LogP contribution is 2.48. The zero-order valence-corrected chi connectivity index (χ0v) is 11.8. The molecule has 3 atom stereocenters. The van der Waals surface area contributed by atoms with Crippen molar-refractivity contribution in [2.75, 3.05) is 14.2 Å². The first-order chi connectivity index (χ1) is 9.60. The van der Waals surface area contributed by atoms with Gasteiger partial charge in [-0.3, -0.25) is 9.59 Å². The highest BCUT2D eigenvalue weighted by molar-refractivity contribution is 5.88. The van der Waals surface area contributed by atoms with Crippen LogP contribution in [0, 0.1) is 12.8 Å². The van der Waals surface area contributed by atoms with Crippen LogP contribution in [0.3, 0.4) is 0 Å². The summed E-state index contributed by atoms with van der Waals surface area (Å²) in [5.74, 6) is -1.88. The summed E-state index contributed by atoms with van der Waals surface area (Å²) in [5, 5.41) is 0. The van der Waals surface area contributed by atoms with Gasteiger partial charge in [0.1, 0.15) is 5.92 Å². The normalized spacial score (nSPS) is 26.2. The van der Waals surface area contributed by atoms with Gasteiger partial charge in [-0.25, -0.2) is 0 Å². The molecule has 5 nitrogen and oxygen atoms in total. The second-order valence-electron chi connectivity index (χ2n) is 5.25. The minimum absolute atomic E-state index is 0.154. The van der Waals surface area contributed by atoms with Crippen LogP contribution < -0.4 is 0 Å². The fraction of sp³-hybridized carbons (Fsp3) is 0.467. The van der Waals surface area contributed by atoms with Crippen molar-refractivity contribution in [1.82, 2.24) is 4.57 Å². The topological polar surface area (TPSA) is 57.5 Å². The molecule has 0 bridgehead atoms. The lowest BCUT2D eigenvalue weighted by Crippen LogP contribution is -2.30. The number of aryl methyl sites for hydroxylation is 1. The number of nitrogens with zero attached hydrogens (tertiary/aromatic N) is 1. The van der Waals surface area contributed by atoms with Gasteiger partial charge in [-0.2, -0.15) is 0 Å². The molecule has 0 N–H and O–H groups in total. The number of hydrogen-bond donors (Lipinski definition) is 0. The van der Waals surface area contributed by atoms with Crippen LogP contribution in [0.5, 0.6) is 0 Å². The number of carbonyl (C=O) groups is 2. The summed E-state index contributed by atoms with van der Waals surface area (Å²) < 4.78 is 11.9. The fourth-order valence-corrected chi connectivity index (χ4v) is 3.50. The molecule has 2 aliphatic heterocycles. The Hall–Kier alpha value is -2.04. The first-order valence-electron chi connectivity index (χ1n) is 6.63. The lowest BCUT2D eigenvalue weighted by atomic mass is 9.85. The Kier molecular flexibility index (Phi) is 2.92. The highest BCUT2D eigenvalue weighted by Gasteiger charge is 2.51. The number of rotatable bonds is 2. The van der Waals surface area contributed by atoms with Gasteiger partial charge in [0.05, 0.1) is 26.2 Å². The smallest absolute Gasteiger partial charge is 0.315 e. The maximum absolute atomic E-state index is 12.2. The van der Waals surface area contributed by atoms with Crippen molar-refractivity contribution in [3.63, 3.8) is 0 Å². The fourth-order valence-electron chi connectivity index (χ4n) is 3.50. The Labute approximate surface area is 117 Å². The molecule has 3 rings (SSSR count). The number of allylic oxidation sites excluding steroid dienone is 2. The Bertz CT molecular complexity index is 614. The summed E-state index contributed by atoms with van der Waals surface area (Å²) in [7, 11) is 2.70. The number of hydrogen-bond acceptors (Lipinski definition) is 4. The molecule has 0 amide bonds. The number of methoxy groups -OCH3 is 2. The van der Waals surface area contributed by atoms with Crippen LogP contribution in [0.15, 0.2) is 18.2 Å². The lowest BCUT2D eigenvalue weighted by Gasteiger charge is -2.23. The van der Waals surface area contributed by atoms with Crippen molar-refractivity contribution in [2.45, 2.75) is 25.3 Å². The van der Waals surface area contributed by atoms with E-state index in [1.807, 2.05) is 19.1 Å². The van der Waals surface area contributed by atoms with Gasteiger partial charge in [-0.15, -0.1) is 0 Å². The monoisotopic (exact) mass is 275 g/mol. The highest BCUT2D eigenvalue weighted by atomic mass is 16.5. The third-order valence-corrected chi connectivity index (χ3v) is 4.26. The summed E-state index contributed by atoms with van der Waals surface area (Å²) in [6.45, 7) is 1.97. The van der Waals surface area contributed by atoms with Crippen molar-refractivity contribution < 1.29 is 19.1 Å². The number of ether oxygens (including phenoxy) is 2. The third-order valence-electron chi connectivity index (χ3n) is 4.26. The van der Waals surface area contributed by atoms with E-state index >= 15 is 0 Å². The van der Waals surface area contributed by atoms with Gasteiger partial charge in [0.25, 0.3) is 0 Å². The Morgan fingerprint density at radius 3 is 2.60 bits per heavy atom. The molecule has 0 aromatic carbocycles. The minimum Gasteiger partial charge on any atom is -0.469 e. The number of aromatic nitrogens is 1. The molecular weight excluding hydrogens is 258 g/mol. The molecule has 3 heterocycles. The Morgan fingerprint density at radius 2 is 1.95 bits per heavy atom. The number of carbonyl (C=O) groups excluding carboxylic acids is 2. The second kappa shape index (κ2) is 4.51. The average Bonchev–Trinajstić information content (AvgIpc) is 2.98. The van der Waals surface area contributed by atoms with Gasteiger partial charge in [0.2, 0.25) is 0 Å². The molecule has 0 radical (unpaired) electrons. The molecule has 0 saturated heterocycles. The lowest BCUT2D eigenvalue weighted by molar-refractivity contribution is -0.154. The largest absolute Gasteiger partial charge is 0.469 e. The molecule has 1 aromatic rings. The van der Waals surface area contributed by atoms with E-state index in [1.165, 1.54) is 14.2 Å². The van der Waals surface area contributed by atoms with Gasteiger partial charge in [0, 0.05) is 17.8 Å². The molecule has 0 aliphatic carbocycles. The molecule has 0 saturated carbocycles. The van der Waals surface area contributed by atoms with Crippen LogP contribution in [-0.2, 0) is 25.5 Å². The maximum atomic E-state index is 12.2. The van der Waals surface area contributed by atoms with E-state index in [9.17, 15) is 9.59 Å². The van der Waals surface area contributed by atoms with Gasteiger partial charge >= 0.3 is 11.9 Å². The van der Waals surface area contributed by atoms with Gasteiger partial charge in [-0.05, 0) is 18.6 Å². The molecule has 5 heteroatoms. The molecule has 1 aromatic heterocycles. The van der Waals surface area contributed by atoms with Crippen molar-refractivity contribution in [3.8, 4) is 0 Å². The molecule has 0 unspecified atom stereocenters. The van der Waals surface area contributed by atoms with Crippen LogP contribution in [0.1, 0.15) is 28.9 Å². The van der Waals surface area contributed by atoms with E-state index < -0.39 is 11.8 Å². The molecule has 0 spiro atoms. The van der Waals surface area contributed by atoms with Crippen molar-refractivity contribution in [2.24, 2.45) is 5.92 Å². The molecule has 20 heavy (non-hydrogen) atoms. The first-order valence-corrected chi connectivity index (χ1v) is 6.63. The summed E-state index contributed by atoms with van der Waals surface area (Å²) >= 11 is 0. The number of esters is 2. The zero-order chi connectivity index (χ0) is 14.4. The first kappa shape index (κ1) is 13.0. The van der Waals surface area contributed by atoms with E-state index in [0.29, 0.717) is 0 Å². The summed E-state index contributed by atoms with van der Waals surface area (Å²) in [4.78, 5) is 24.3. The van der Waals surface area contributed by atoms with Crippen molar-refractivity contribution in [1.29, 1.82) is 0 Å². The van der Waals surface area contributed by atoms with Gasteiger partial charge in [-0.1, -0.05) is 12.2 Å². The quantitative estimate of drug-likeness (QED) is 0.606. The summed E-state index contributed by atoms with van der Waals surface area (Å²) in [5.41, 5.74) is 3.04. The summed E-state index contributed by atoms with van der Waals surface area (Å²) in [6.07, 6.45) is 4.85. The van der Waals surface area contributed by atoms with Crippen molar-refractivity contribution in [3.05, 3.63) is 35.2 Å². The SMILES string of the molecule is COC(=O)[C@H]1[C@H](C(=O)OC)c2c(C)cc3n2[C@H]1C=CC3. The molecular formula is C15H17NO4. The van der Waals surface area contributed by atoms with E-state index in [4.69, 9.17) is 9.47 Å². The minimum atomic E-state index is -0.589. The standard InChI is InChI=1S/C15H17NO4/c1-8-7-9-5-4-6-10-11(14(17)19-2)12(15(18)20-3)13(8)16(9)10/h4,6-7,10-12H,5H2,1-3H3/t10-,11+,12-/m0/s1. The second-order valence-corrected chi connectivity index (χ2v) is 5.25. The van der Waals surface area contributed by atoms with E-state index in [-0.39, 0.29) is 18.0 Å². The van der Waals surface area contributed by atoms with E-state index in [0.717, 1.165) is 23.4 Å². The molecule has 106 valence electrons. The van der Waals surface area contributed by atoms with Gasteiger partial charge < -0.3 is 14.0 Å². The summed E-state index contributed by atoms with van der Waals surface area (Å²) in [6, 6.07) is 1.92. The van der Waals surface area contributed by atoms with Crippen molar-refractivity contribution >= 4 is 11.9 Å². The Morgan fingerprint density at radius 1 is 1.25 bits per heavy atom. The molecule has 2 aliphatic rings. The van der Waals surface area contributed by atoms with Crippen LogP contribution in [0.2, 0.25) is 0 Å². The third kappa shape index (κ3) is 1.55. The average molecular weight is 275 g/mol. The molecule has 0 fully saturated rings. The van der Waals surface area contributed by atoms with Gasteiger partial charge in [0.15, 0.2) is 0 Å².